The van der Waals surface area contributed by atoms with E-state index in [1.807, 2.05) is 14.0 Å². The Bertz CT molecular complexity index is 594. The van der Waals surface area contributed by atoms with Crippen LogP contribution in [0.1, 0.15) is 28.9 Å². The maximum absolute atomic E-state index is 12.7. The SMILES string of the molecule is Cc1nn(C)cc1C(=O)N[C@@H]1CN(C2CCOCC2)C[C@H]1CN(C)C. The van der Waals surface area contributed by atoms with Gasteiger partial charge in [0, 0.05) is 64.1 Å². The molecule has 0 spiro atoms. The zero-order valence-electron chi connectivity index (χ0n) is 15.9. The molecule has 7 heteroatoms. The van der Waals surface area contributed by atoms with Crippen LogP contribution in [0.3, 0.4) is 0 Å². The summed E-state index contributed by atoms with van der Waals surface area (Å²) in [5, 5.41) is 7.57. The first-order chi connectivity index (χ1) is 11.9. The summed E-state index contributed by atoms with van der Waals surface area (Å²) >= 11 is 0. The predicted octanol–water partition coefficient (Wildman–Crippen LogP) is 0.499. The molecule has 2 atom stereocenters. The third-order valence-electron chi connectivity index (χ3n) is 5.35. The van der Waals surface area contributed by atoms with E-state index in [1.165, 1.54) is 0 Å². The highest BCUT2D eigenvalue weighted by Gasteiger charge is 2.37. The summed E-state index contributed by atoms with van der Waals surface area (Å²) in [6.07, 6.45) is 3.99. The van der Waals surface area contributed by atoms with E-state index in [0.29, 0.717) is 17.5 Å². The van der Waals surface area contributed by atoms with Crippen molar-refractivity contribution in [3.63, 3.8) is 0 Å². The number of carbonyl (C=O) groups excluding carboxylic acids is 1. The highest BCUT2D eigenvalue weighted by Crippen LogP contribution is 2.25. The van der Waals surface area contributed by atoms with Crippen LogP contribution in [0.25, 0.3) is 0 Å². The molecular formula is C18H31N5O2. The molecule has 1 aromatic rings. The molecule has 2 aliphatic heterocycles. The van der Waals surface area contributed by atoms with Crippen LogP contribution in [0.5, 0.6) is 0 Å². The maximum atomic E-state index is 12.7. The average molecular weight is 349 g/mol. The first-order valence-corrected chi connectivity index (χ1v) is 9.21. The molecule has 1 aromatic heterocycles. The number of carbonyl (C=O) groups is 1. The van der Waals surface area contributed by atoms with Crippen LogP contribution in [0.4, 0.5) is 0 Å². The molecule has 0 unspecified atom stereocenters. The highest BCUT2D eigenvalue weighted by atomic mass is 16.5. The minimum absolute atomic E-state index is 0.00631. The molecule has 2 fully saturated rings. The monoisotopic (exact) mass is 349 g/mol. The second kappa shape index (κ2) is 7.85. The number of amides is 1. The van der Waals surface area contributed by atoms with Gasteiger partial charge in [0.25, 0.3) is 5.91 Å². The Morgan fingerprint density at radius 1 is 1.36 bits per heavy atom. The number of nitrogens with one attached hydrogen (secondary N) is 1. The fraction of sp³-hybridized carbons (Fsp3) is 0.778. The van der Waals surface area contributed by atoms with E-state index in [2.05, 4.69) is 34.3 Å². The summed E-state index contributed by atoms with van der Waals surface area (Å²) in [4.78, 5) is 17.5. The van der Waals surface area contributed by atoms with Crippen LogP contribution < -0.4 is 5.32 Å². The van der Waals surface area contributed by atoms with Crippen molar-refractivity contribution in [2.24, 2.45) is 13.0 Å². The van der Waals surface area contributed by atoms with E-state index in [1.54, 1.807) is 10.9 Å². The molecule has 3 heterocycles. The topological polar surface area (TPSA) is 62.6 Å². The number of likely N-dealkylation sites (tertiary alicyclic amines) is 1. The van der Waals surface area contributed by atoms with Crippen molar-refractivity contribution >= 4 is 5.91 Å². The average Bonchev–Trinajstić information content (AvgIpc) is 3.11. The Hall–Kier alpha value is -1.44. The van der Waals surface area contributed by atoms with Gasteiger partial charge in [-0.15, -0.1) is 0 Å². The second-order valence-electron chi connectivity index (χ2n) is 7.70. The fourth-order valence-corrected chi connectivity index (χ4v) is 4.14. The van der Waals surface area contributed by atoms with Gasteiger partial charge in [-0.05, 0) is 33.9 Å². The van der Waals surface area contributed by atoms with Crippen LogP contribution in [-0.4, -0.2) is 84.5 Å². The second-order valence-corrected chi connectivity index (χ2v) is 7.70. The molecule has 0 aromatic carbocycles. The van der Waals surface area contributed by atoms with E-state index in [-0.39, 0.29) is 11.9 Å². The quantitative estimate of drug-likeness (QED) is 0.839. The van der Waals surface area contributed by atoms with Gasteiger partial charge >= 0.3 is 0 Å². The summed E-state index contributed by atoms with van der Waals surface area (Å²) in [6, 6.07) is 0.762. The Morgan fingerprint density at radius 2 is 2.08 bits per heavy atom. The van der Waals surface area contributed by atoms with Gasteiger partial charge in [0.2, 0.25) is 0 Å². The van der Waals surface area contributed by atoms with E-state index in [0.717, 1.165) is 51.4 Å². The smallest absolute Gasteiger partial charge is 0.255 e. The van der Waals surface area contributed by atoms with Gasteiger partial charge in [0.15, 0.2) is 0 Å². The van der Waals surface area contributed by atoms with Crippen molar-refractivity contribution < 1.29 is 9.53 Å². The first kappa shape index (κ1) is 18.4. The van der Waals surface area contributed by atoms with Gasteiger partial charge in [-0.25, -0.2) is 0 Å². The van der Waals surface area contributed by atoms with Crippen LogP contribution in [0.15, 0.2) is 6.20 Å². The molecule has 3 rings (SSSR count). The molecule has 1 N–H and O–H groups in total. The van der Waals surface area contributed by atoms with E-state index in [4.69, 9.17) is 4.74 Å². The Kier molecular flexibility index (Phi) is 5.76. The standard InChI is InChI=1S/C18H31N5O2/c1-13-16(11-22(4)20-13)18(24)19-17-12-23(10-14(17)9-21(2)3)15-5-7-25-8-6-15/h11,14-15,17H,5-10,12H2,1-4H3,(H,19,24)/t14-,17-/m1/s1. The largest absolute Gasteiger partial charge is 0.381 e. The molecule has 2 aliphatic rings. The maximum Gasteiger partial charge on any atom is 0.255 e. The third-order valence-corrected chi connectivity index (χ3v) is 5.35. The fourth-order valence-electron chi connectivity index (χ4n) is 4.14. The van der Waals surface area contributed by atoms with Crippen molar-refractivity contribution in [3.8, 4) is 0 Å². The number of rotatable bonds is 5. The number of nitrogens with zero attached hydrogens (tertiary/aromatic N) is 4. The van der Waals surface area contributed by atoms with Gasteiger partial charge in [-0.3, -0.25) is 14.4 Å². The van der Waals surface area contributed by atoms with Crippen molar-refractivity contribution in [1.29, 1.82) is 0 Å². The molecule has 140 valence electrons. The number of hydrogen-bond donors (Lipinski definition) is 1. The van der Waals surface area contributed by atoms with Crippen molar-refractivity contribution in [3.05, 3.63) is 17.5 Å². The lowest BCUT2D eigenvalue weighted by atomic mass is 10.0. The molecule has 0 radical (unpaired) electrons. The van der Waals surface area contributed by atoms with Crippen LogP contribution >= 0.6 is 0 Å². The molecular weight excluding hydrogens is 318 g/mol. The van der Waals surface area contributed by atoms with Crippen molar-refractivity contribution in [2.75, 3.05) is 46.9 Å². The van der Waals surface area contributed by atoms with E-state index < -0.39 is 0 Å². The summed E-state index contributed by atoms with van der Waals surface area (Å²) in [6.45, 7) is 6.54. The van der Waals surface area contributed by atoms with Gasteiger partial charge in [-0.1, -0.05) is 0 Å². The normalized spacial score (nSPS) is 25.6. The van der Waals surface area contributed by atoms with Crippen LogP contribution in [-0.2, 0) is 11.8 Å². The van der Waals surface area contributed by atoms with Crippen LogP contribution in [0.2, 0.25) is 0 Å². The number of aromatic nitrogens is 2. The lowest BCUT2D eigenvalue weighted by Crippen LogP contribution is -2.44. The molecule has 0 aliphatic carbocycles. The highest BCUT2D eigenvalue weighted by molar-refractivity contribution is 5.95. The minimum Gasteiger partial charge on any atom is -0.381 e. The molecule has 1 amide bonds. The van der Waals surface area contributed by atoms with Crippen molar-refractivity contribution in [2.45, 2.75) is 31.8 Å². The van der Waals surface area contributed by atoms with Crippen molar-refractivity contribution in [1.82, 2.24) is 24.9 Å². The number of ether oxygens (including phenoxy) is 1. The van der Waals surface area contributed by atoms with E-state index >= 15 is 0 Å². The zero-order valence-corrected chi connectivity index (χ0v) is 15.9. The van der Waals surface area contributed by atoms with Gasteiger partial charge < -0.3 is 15.0 Å². The summed E-state index contributed by atoms with van der Waals surface area (Å²) in [7, 11) is 6.05. The Labute approximate surface area is 150 Å². The predicted molar refractivity (Wildman–Crippen MR) is 96.7 cm³/mol. The van der Waals surface area contributed by atoms with Crippen LogP contribution in [0, 0.1) is 12.8 Å². The molecule has 25 heavy (non-hydrogen) atoms. The van der Waals surface area contributed by atoms with Gasteiger partial charge in [0.05, 0.1) is 11.3 Å². The van der Waals surface area contributed by atoms with Gasteiger partial charge in [0.1, 0.15) is 0 Å². The zero-order chi connectivity index (χ0) is 18.0. The Balaban J connectivity index is 1.68. The summed E-state index contributed by atoms with van der Waals surface area (Å²) in [5.41, 5.74) is 1.46. The summed E-state index contributed by atoms with van der Waals surface area (Å²) in [5.74, 6) is 0.437. The van der Waals surface area contributed by atoms with E-state index in [9.17, 15) is 4.79 Å². The molecule has 0 bridgehead atoms. The molecule has 0 saturated carbocycles. The lowest BCUT2D eigenvalue weighted by molar-refractivity contribution is 0.0403. The molecule has 7 nitrogen and oxygen atoms in total. The molecule has 2 saturated heterocycles. The Morgan fingerprint density at radius 3 is 2.68 bits per heavy atom. The lowest BCUT2D eigenvalue weighted by Gasteiger charge is -2.31. The third kappa shape index (κ3) is 4.40. The number of hydrogen-bond acceptors (Lipinski definition) is 5. The summed E-state index contributed by atoms with van der Waals surface area (Å²) < 4.78 is 7.20. The number of aryl methyl sites for hydroxylation is 2. The van der Waals surface area contributed by atoms with Gasteiger partial charge in [-0.2, -0.15) is 5.10 Å². The first-order valence-electron chi connectivity index (χ1n) is 9.21. The minimum atomic E-state index is -0.00631.